The number of halogens is 6. The number of nitrogens with zero attached hydrogens (tertiary/aromatic N) is 1. The van der Waals surface area contributed by atoms with Crippen LogP contribution in [-0.4, -0.2) is 53.3 Å². The van der Waals surface area contributed by atoms with Crippen molar-refractivity contribution in [2.24, 2.45) is 5.73 Å². The van der Waals surface area contributed by atoms with E-state index in [1.165, 1.54) is 19.1 Å². The first kappa shape index (κ1) is 31.6. The molecule has 4 amide bonds. The summed E-state index contributed by atoms with van der Waals surface area (Å²) >= 11 is 0. The second-order valence-corrected chi connectivity index (χ2v) is 11.0. The van der Waals surface area contributed by atoms with Crippen molar-refractivity contribution in [1.82, 2.24) is 15.6 Å². The molecular formula is C29H25F6N5O5. The van der Waals surface area contributed by atoms with E-state index < -0.39 is 76.0 Å². The number of aliphatic hydroxyl groups is 1. The van der Waals surface area contributed by atoms with Gasteiger partial charge in [-0.3, -0.25) is 9.59 Å². The molecule has 0 saturated heterocycles. The average molecular weight is 638 g/mol. The molecular weight excluding hydrogens is 612 g/mol. The Labute approximate surface area is 251 Å². The average Bonchev–Trinajstić information content (AvgIpc) is 3.72. The Balaban J connectivity index is 1.51. The van der Waals surface area contributed by atoms with E-state index in [0.29, 0.717) is 25.0 Å². The lowest BCUT2D eigenvalue weighted by Crippen LogP contribution is -2.51. The molecule has 45 heavy (non-hydrogen) atoms. The molecule has 5 rings (SSSR count). The number of carbonyl (C=O) groups excluding carboxylic acids is 3. The highest BCUT2D eigenvalue weighted by molar-refractivity contribution is 5.97. The Hall–Kier alpha value is -4.86. The van der Waals surface area contributed by atoms with Gasteiger partial charge in [0.15, 0.2) is 11.6 Å². The molecule has 6 N–H and O–H groups in total. The number of nitrogens with two attached hydrogens (primary N) is 1. The highest BCUT2D eigenvalue weighted by Crippen LogP contribution is 2.47. The molecule has 1 fully saturated rings. The maximum atomic E-state index is 14.6. The molecule has 2 heterocycles. The quantitative estimate of drug-likeness (QED) is 0.237. The maximum absolute atomic E-state index is 14.6. The number of carbonyl (C=O) groups is 3. The minimum atomic E-state index is -5.51. The molecule has 3 aromatic rings. The minimum Gasteiger partial charge on any atom is -0.489 e. The van der Waals surface area contributed by atoms with Crippen molar-refractivity contribution in [2.75, 3.05) is 18.5 Å². The third-order valence-corrected chi connectivity index (χ3v) is 7.58. The summed E-state index contributed by atoms with van der Waals surface area (Å²) in [7, 11) is 0. The van der Waals surface area contributed by atoms with E-state index in [4.69, 9.17) is 10.5 Å². The molecule has 1 aromatic heterocycles. The number of anilines is 1. The summed E-state index contributed by atoms with van der Waals surface area (Å²) in [5, 5.41) is 17.5. The summed E-state index contributed by atoms with van der Waals surface area (Å²) in [5.74, 6) is -6.20. The van der Waals surface area contributed by atoms with Crippen LogP contribution < -0.4 is 26.4 Å². The first-order valence-electron chi connectivity index (χ1n) is 13.4. The van der Waals surface area contributed by atoms with E-state index in [0.717, 1.165) is 18.2 Å². The Morgan fingerprint density at radius 3 is 2.36 bits per heavy atom. The highest BCUT2D eigenvalue weighted by atomic mass is 19.4. The Bertz CT molecular complexity index is 1700. The van der Waals surface area contributed by atoms with Gasteiger partial charge in [0.1, 0.15) is 29.3 Å². The summed E-state index contributed by atoms with van der Waals surface area (Å²) in [4.78, 5) is 41.2. The van der Waals surface area contributed by atoms with E-state index in [2.05, 4.69) is 10.3 Å². The van der Waals surface area contributed by atoms with Crippen LogP contribution in [0, 0.1) is 17.5 Å². The molecule has 2 aliphatic rings. The minimum absolute atomic E-state index is 0.0734. The molecule has 2 atom stereocenters. The molecule has 1 saturated carbocycles. The van der Waals surface area contributed by atoms with Crippen LogP contribution in [0.2, 0.25) is 0 Å². The number of alkyl halides is 3. The number of fused-ring (bicyclic) bond motifs is 1. The number of nitrogens with one attached hydrogen (secondary N) is 3. The fourth-order valence-electron chi connectivity index (χ4n) is 4.63. The molecule has 0 spiro atoms. The van der Waals surface area contributed by atoms with Gasteiger partial charge in [-0.2, -0.15) is 13.2 Å². The van der Waals surface area contributed by atoms with Gasteiger partial charge in [0.25, 0.3) is 5.91 Å². The first-order chi connectivity index (χ1) is 21.0. The second-order valence-electron chi connectivity index (χ2n) is 11.0. The number of urea groups is 1. The van der Waals surface area contributed by atoms with Crippen LogP contribution in [0.15, 0.2) is 42.5 Å². The van der Waals surface area contributed by atoms with Gasteiger partial charge >= 0.3 is 12.2 Å². The number of primary amides is 1. The third-order valence-electron chi connectivity index (χ3n) is 7.58. The Morgan fingerprint density at radius 2 is 1.76 bits per heavy atom. The summed E-state index contributed by atoms with van der Waals surface area (Å²) < 4.78 is 91.6. The van der Waals surface area contributed by atoms with Crippen LogP contribution in [0.4, 0.5) is 36.8 Å². The van der Waals surface area contributed by atoms with E-state index >= 15 is 0 Å². The molecule has 0 bridgehead atoms. The van der Waals surface area contributed by atoms with Gasteiger partial charge in [-0.1, -0.05) is 0 Å². The topological polar surface area (TPSA) is 156 Å². The largest absolute Gasteiger partial charge is 0.489 e. The Morgan fingerprint density at radius 1 is 1.09 bits per heavy atom. The maximum Gasteiger partial charge on any atom is 0.424 e. The molecule has 238 valence electrons. The number of pyridine rings is 1. The van der Waals surface area contributed by atoms with Gasteiger partial charge < -0.3 is 31.5 Å². The SMILES string of the molecule is C[C@]1(C(N)=O)COc2c1cc([C@@](O)(CNC(=O)c1cc(F)c(F)c(NC(=O)NC3CC3)c1)C(F)(F)F)nc2-c1ccc(F)cc1. The number of rotatable bonds is 8. The summed E-state index contributed by atoms with van der Waals surface area (Å²) in [5.41, 5.74) is -2.88. The van der Waals surface area contributed by atoms with E-state index in [1.54, 1.807) is 0 Å². The first-order valence-corrected chi connectivity index (χ1v) is 13.4. The standard InChI is InChI=1S/C29H25F6N5O5/c1-27(25(36)42)12-45-23-17(27)10-20(40-22(23)13-2-4-15(30)5-3-13)28(44,29(33,34)35)11-37-24(41)14-8-18(31)21(32)19(9-14)39-26(43)38-16-6-7-16/h2-5,8-10,16,44H,6-7,11-12H2,1H3,(H2,36,42)(H,37,41)(H2,38,39,43)/t27-,28-/m0/s1. The van der Waals surface area contributed by atoms with Crippen LogP contribution in [0.25, 0.3) is 11.3 Å². The zero-order valence-electron chi connectivity index (χ0n) is 23.3. The van der Waals surface area contributed by atoms with Gasteiger partial charge in [0.2, 0.25) is 11.5 Å². The van der Waals surface area contributed by atoms with Gasteiger partial charge in [-0.15, -0.1) is 0 Å². The van der Waals surface area contributed by atoms with E-state index in [9.17, 15) is 45.8 Å². The van der Waals surface area contributed by atoms with E-state index in [-0.39, 0.29) is 35.2 Å². The molecule has 2 aromatic carbocycles. The normalized spacial score (nSPS) is 18.8. The molecule has 16 heteroatoms. The van der Waals surface area contributed by atoms with Crippen molar-refractivity contribution in [3.8, 4) is 17.0 Å². The molecule has 1 aliphatic carbocycles. The van der Waals surface area contributed by atoms with Crippen molar-refractivity contribution < 1.29 is 50.6 Å². The molecule has 0 radical (unpaired) electrons. The zero-order chi connectivity index (χ0) is 32.9. The summed E-state index contributed by atoms with van der Waals surface area (Å²) in [6.45, 7) is -0.640. The molecule has 10 nitrogen and oxygen atoms in total. The number of hydrogen-bond acceptors (Lipinski definition) is 6. The van der Waals surface area contributed by atoms with Crippen LogP contribution in [0.1, 0.15) is 41.4 Å². The van der Waals surface area contributed by atoms with Gasteiger partial charge in [-0.05, 0) is 62.2 Å². The predicted molar refractivity (Wildman–Crippen MR) is 145 cm³/mol. The van der Waals surface area contributed by atoms with Crippen LogP contribution in [0.3, 0.4) is 0 Å². The number of amides is 4. The fourth-order valence-corrected chi connectivity index (χ4v) is 4.63. The van der Waals surface area contributed by atoms with Gasteiger partial charge in [0, 0.05) is 22.7 Å². The lowest BCUT2D eigenvalue weighted by Gasteiger charge is -2.31. The number of ether oxygens (including phenoxy) is 1. The highest BCUT2D eigenvalue weighted by Gasteiger charge is 2.57. The lowest BCUT2D eigenvalue weighted by atomic mass is 9.81. The second kappa shape index (κ2) is 11.3. The molecule has 0 unspecified atom stereocenters. The lowest BCUT2D eigenvalue weighted by molar-refractivity contribution is -0.265. The van der Waals surface area contributed by atoms with Crippen molar-refractivity contribution in [3.63, 3.8) is 0 Å². The van der Waals surface area contributed by atoms with Crippen LogP contribution in [0.5, 0.6) is 5.75 Å². The number of hydrogen-bond donors (Lipinski definition) is 5. The Kier molecular flexibility index (Phi) is 7.89. The van der Waals surface area contributed by atoms with Crippen LogP contribution >= 0.6 is 0 Å². The van der Waals surface area contributed by atoms with Gasteiger partial charge in [0.05, 0.1) is 17.9 Å². The smallest absolute Gasteiger partial charge is 0.424 e. The fraction of sp³-hybridized carbons (Fsp3) is 0.310. The summed E-state index contributed by atoms with van der Waals surface area (Å²) in [6, 6.07) is 5.26. The van der Waals surface area contributed by atoms with Crippen molar-refractivity contribution in [3.05, 3.63) is 76.7 Å². The number of aromatic nitrogens is 1. The van der Waals surface area contributed by atoms with Gasteiger partial charge in [-0.25, -0.2) is 22.9 Å². The predicted octanol–water partition coefficient (Wildman–Crippen LogP) is 3.77. The number of benzene rings is 2. The van der Waals surface area contributed by atoms with Crippen molar-refractivity contribution in [2.45, 2.75) is 43.0 Å². The van der Waals surface area contributed by atoms with Crippen molar-refractivity contribution in [1.29, 1.82) is 0 Å². The molecule has 1 aliphatic heterocycles. The zero-order valence-corrected chi connectivity index (χ0v) is 23.3. The monoisotopic (exact) mass is 637 g/mol. The third kappa shape index (κ3) is 5.96. The summed E-state index contributed by atoms with van der Waals surface area (Å²) in [6.07, 6.45) is -4.13. The van der Waals surface area contributed by atoms with Crippen molar-refractivity contribution >= 4 is 23.5 Å². The van der Waals surface area contributed by atoms with Crippen LogP contribution in [-0.2, 0) is 15.8 Å². The van der Waals surface area contributed by atoms with E-state index in [1.807, 2.05) is 10.6 Å².